The van der Waals surface area contributed by atoms with Gasteiger partial charge < -0.3 is 15.0 Å². The highest BCUT2D eigenvalue weighted by Crippen LogP contribution is 2.29. The summed E-state index contributed by atoms with van der Waals surface area (Å²) < 4.78 is 47.9. The van der Waals surface area contributed by atoms with Gasteiger partial charge in [-0.1, -0.05) is 42.1 Å². The van der Waals surface area contributed by atoms with Crippen molar-refractivity contribution < 1.29 is 27.1 Å². The second kappa shape index (κ2) is 14.4. The summed E-state index contributed by atoms with van der Waals surface area (Å²) in [5.74, 6) is -1.11. The fourth-order valence-electron chi connectivity index (χ4n) is 4.97. The van der Waals surface area contributed by atoms with E-state index in [0.717, 1.165) is 54.3 Å². The van der Waals surface area contributed by atoms with E-state index in [2.05, 4.69) is 5.32 Å². The molecule has 230 valence electrons. The van der Waals surface area contributed by atoms with Crippen LogP contribution < -0.4 is 14.4 Å². The van der Waals surface area contributed by atoms with E-state index in [0.29, 0.717) is 28.0 Å². The van der Waals surface area contributed by atoms with Gasteiger partial charge in [0.25, 0.3) is 10.0 Å². The molecule has 0 aliphatic heterocycles. The first-order valence-corrected chi connectivity index (χ1v) is 16.2. The van der Waals surface area contributed by atoms with Crippen LogP contribution in [-0.4, -0.2) is 50.4 Å². The molecule has 1 saturated carbocycles. The lowest BCUT2D eigenvalue weighted by atomic mass is 10.1. The van der Waals surface area contributed by atoms with Gasteiger partial charge in [0.1, 0.15) is 24.2 Å². The highest BCUT2D eigenvalue weighted by Gasteiger charge is 2.34. The van der Waals surface area contributed by atoms with Gasteiger partial charge in [-0.2, -0.15) is 0 Å². The summed E-state index contributed by atoms with van der Waals surface area (Å²) in [5, 5.41) is 3.62. The third-order valence-corrected chi connectivity index (χ3v) is 9.87. The molecular weight excluding hydrogens is 616 g/mol. The summed E-state index contributed by atoms with van der Waals surface area (Å²) in [6, 6.07) is 14.5. The minimum Gasteiger partial charge on any atom is -0.494 e. The number of hydrogen-bond acceptors (Lipinski definition) is 5. The first-order chi connectivity index (χ1) is 20.5. The van der Waals surface area contributed by atoms with Crippen molar-refractivity contribution in [1.82, 2.24) is 10.2 Å². The Morgan fingerprint density at radius 1 is 1.00 bits per heavy atom. The number of amides is 2. The molecule has 1 N–H and O–H groups in total. The smallest absolute Gasteiger partial charge is 0.264 e. The Bertz CT molecular complexity index is 1510. The number of carbonyl (C=O) groups is 2. The van der Waals surface area contributed by atoms with E-state index in [-0.39, 0.29) is 29.1 Å². The minimum absolute atomic E-state index is 0.00927. The molecule has 0 radical (unpaired) electrons. The van der Waals surface area contributed by atoms with E-state index in [1.165, 1.54) is 17.0 Å². The van der Waals surface area contributed by atoms with Crippen molar-refractivity contribution in [2.45, 2.75) is 63.1 Å². The summed E-state index contributed by atoms with van der Waals surface area (Å²) in [4.78, 5) is 28.5. The molecule has 3 aromatic rings. The van der Waals surface area contributed by atoms with Crippen molar-refractivity contribution in [1.29, 1.82) is 0 Å². The van der Waals surface area contributed by atoms with Crippen molar-refractivity contribution in [2.24, 2.45) is 0 Å². The maximum atomic E-state index is 14.1. The van der Waals surface area contributed by atoms with Crippen LogP contribution in [0.15, 0.2) is 71.6 Å². The van der Waals surface area contributed by atoms with E-state index in [1.807, 2.05) is 6.92 Å². The van der Waals surface area contributed by atoms with Crippen LogP contribution in [0.3, 0.4) is 0 Å². The molecule has 1 aliphatic carbocycles. The SMILES string of the molecule is CCOc1ccc(N(CC(=O)N(Cc2c(Cl)cccc2Cl)[C@H](C)C(=O)NC2CCCC2)S(=O)(=O)c2ccc(F)cc2)cc1. The number of hydrogen-bond donors (Lipinski definition) is 1. The molecule has 0 spiro atoms. The lowest BCUT2D eigenvalue weighted by Gasteiger charge is -2.33. The Kier molecular flexibility index (Phi) is 10.9. The van der Waals surface area contributed by atoms with E-state index in [4.69, 9.17) is 27.9 Å². The first-order valence-electron chi connectivity index (χ1n) is 14.0. The van der Waals surface area contributed by atoms with Gasteiger partial charge in [-0.25, -0.2) is 12.8 Å². The van der Waals surface area contributed by atoms with Crippen molar-refractivity contribution in [3.8, 4) is 5.75 Å². The zero-order valence-electron chi connectivity index (χ0n) is 23.9. The van der Waals surface area contributed by atoms with Crippen LogP contribution in [0.5, 0.6) is 5.75 Å². The van der Waals surface area contributed by atoms with Crippen molar-refractivity contribution >= 4 is 50.7 Å². The lowest BCUT2D eigenvalue weighted by molar-refractivity contribution is -0.139. The molecule has 43 heavy (non-hydrogen) atoms. The minimum atomic E-state index is -4.35. The maximum Gasteiger partial charge on any atom is 0.264 e. The number of nitrogens with one attached hydrogen (secondary N) is 1. The molecular formula is C31H34Cl2FN3O5S. The number of halogens is 3. The van der Waals surface area contributed by atoms with Gasteiger partial charge in [0.05, 0.1) is 17.2 Å². The van der Waals surface area contributed by atoms with Crippen LogP contribution in [-0.2, 0) is 26.2 Å². The van der Waals surface area contributed by atoms with Crippen molar-refractivity contribution in [3.05, 3.63) is 88.2 Å². The Labute approximate surface area is 261 Å². The van der Waals surface area contributed by atoms with Crippen LogP contribution in [0.4, 0.5) is 10.1 Å². The number of rotatable bonds is 12. The Morgan fingerprint density at radius 2 is 1.60 bits per heavy atom. The molecule has 1 fully saturated rings. The second-order valence-electron chi connectivity index (χ2n) is 10.3. The summed E-state index contributed by atoms with van der Waals surface area (Å²) in [6.45, 7) is 3.03. The third-order valence-electron chi connectivity index (χ3n) is 7.38. The Hall–Kier alpha value is -3.34. The fraction of sp³-hybridized carbons (Fsp3) is 0.355. The quantitative estimate of drug-likeness (QED) is 0.252. The molecule has 1 atom stereocenters. The van der Waals surface area contributed by atoms with Crippen LogP contribution in [0.25, 0.3) is 0 Å². The maximum absolute atomic E-state index is 14.1. The highest BCUT2D eigenvalue weighted by molar-refractivity contribution is 7.92. The van der Waals surface area contributed by atoms with Gasteiger partial charge in [-0.15, -0.1) is 0 Å². The molecule has 4 rings (SSSR count). The predicted octanol–water partition coefficient (Wildman–Crippen LogP) is 6.20. The van der Waals surface area contributed by atoms with Crippen molar-refractivity contribution in [3.63, 3.8) is 0 Å². The number of anilines is 1. The normalized spacial score (nSPS) is 14.3. The Balaban J connectivity index is 1.72. The molecule has 0 heterocycles. The van der Waals surface area contributed by atoms with Crippen LogP contribution in [0.2, 0.25) is 10.0 Å². The lowest BCUT2D eigenvalue weighted by Crippen LogP contribution is -2.52. The first kappa shape index (κ1) is 32.6. The summed E-state index contributed by atoms with van der Waals surface area (Å²) in [6.07, 6.45) is 3.72. The zero-order chi connectivity index (χ0) is 31.1. The molecule has 1 aliphatic rings. The number of ether oxygens (including phenoxy) is 1. The topological polar surface area (TPSA) is 96.0 Å². The molecule has 0 aromatic heterocycles. The van der Waals surface area contributed by atoms with Crippen LogP contribution >= 0.6 is 23.2 Å². The molecule has 0 unspecified atom stereocenters. The molecule has 0 saturated heterocycles. The molecule has 0 bridgehead atoms. The Morgan fingerprint density at radius 3 is 2.19 bits per heavy atom. The predicted molar refractivity (Wildman–Crippen MR) is 165 cm³/mol. The second-order valence-corrected chi connectivity index (χ2v) is 13.0. The zero-order valence-corrected chi connectivity index (χ0v) is 26.3. The summed E-state index contributed by atoms with van der Waals surface area (Å²) >= 11 is 12.9. The largest absolute Gasteiger partial charge is 0.494 e. The number of sulfonamides is 1. The monoisotopic (exact) mass is 649 g/mol. The molecule has 12 heteroatoms. The standard InChI is InChI=1S/C31H34Cl2FN3O5S/c1-3-42-25-15-13-24(14-16-25)37(43(40,41)26-17-11-22(34)12-18-26)20-30(38)36(19-27-28(32)9-6-10-29(27)33)21(2)31(39)35-23-7-4-5-8-23/h6,9-18,21,23H,3-5,7-8,19-20H2,1-2H3,(H,35,39)/t21-/m1/s1. The summed E-state index contributed by atoms with van der Waals surface area (Å²) in [7, 11) is -4.35. The van der Waals surface area contributed by atoms with Gasteiger partial charge in [0.15, 0.2) is 0 Å². The van der Waals surface area contributed by atoms with Gasteiger partial charge in [0.2, 0.25) is 11.8 Å². The van der Waals surface area contributed by atoms with Crippen LogP contribution in [0.1, 0.15) is 45.1 Å². The van der Waals surface area contributed by atoms with E-state index in [1.54, 1.807) is 37.3 Å². The molecule has 2 amide bonds. The fourth-order valence-corrected chi connectivity index (χ4v) is 6.90. The van der Waals surface area contributed by atoms with E-state index < -0.39 is 34.3 Å². The molecule has 8 nitrogen and oxygen atoms in total. The van der Waals surface area contributed by atoms with Crippen molar-refractivity contribution in [2.75, 3.05) is 17.5 Å². The highest BCUT2D eigenvalue weighted by atomic mass is 35.5. The summed E-state index contributed by atoms with van der Waals surface area (Å²) in [5.41, 5.74) is 0.605. The number of nitrogens with zero attached hydrogens (tertiary/aromatic N) is 2. The third kappa shape index (κ3) is 7.99. The van der Waals surface area contributed by atoms with E-state index >= 15 is 0 Å². The number of benzene rings is 3. The van der Waals surface area contributed by atoms with E-state index in [9.17, 15) is 22.4 Å². The van der Waals surface area contributed by atoms with Crippen LogP contribution in [0, 0.1) is 5.82 Å². The average molecular weight is 651 g/mol. The van der Waals surface area contributed by atoms with Gasteiger partial charge >= 0.3 is 0 Å². The van der Waals surface area contributed by atoms with Gasteiger partial charge in [0, 0.05) is 28.2 Å². The molecule has 3 aromatic carbocycles. The average Bonchev–Trinajstić information content (AvgIpc) is 3.49. The number of carbonyl (C=O) groups excluding carboxylic acids is 2. The van der Waals surface area contributed by atoms with Gasteiger partial charge in [-0.3, -0.25) is 13.9 Å². The van der Waals surface area contributed by atoms with Gasteiger partial charge in [-0.05, 0) is 87.4 Å².